The summed E-state index contributed by atoms with van der Waals surface area (Å²) < 4.78 is 26.3. The van der Waals surface area contributed by atoms with Crippen LogP contribution in [0.4, 0.5) is 5.82 Å². The molecule has 0 aromatic carbocycles. The van der Waals surface area contributed by atoms with Crippen molar-refractivity contribution < 1.29 is 8.42 Å². The fourth-order valence-electron chi connectivity index (χ4n) is 1.33. The number of hydrogen-bond donors (Lipinski definition) is 3. The highest BCUT2D eigenvalue weighted by atomic mass is 32.2. The summed E-state index contributed by atoms with van der Waals surface area (Å²) in [5.41, 5.74) is 0. The van der Waals surface area contributed by atoms with Crippen LogP contribution in [0.1, 0.15) is 5.82 Å². The molecule has 0 saturated carbocycles. The molecule has 18 heavy (non-hydrogen) atoms. The Balaban J connectivity index is 2.09. The van der Waals surface area contributed by atoms with Gasteiger partial charge in [-0.1, -0.05) is 0 Å². The van der Waals surface area contributed by atoms with Crippen LogP contribution in [0, 0.1) is 0 Å². The molecule has 0 aliphatic carbocycles. The van der Waals surface area contributed by atoms with E-state index < -0.39 is 10.0 Å². The Bertz CT molecular complexity index is 592. The number of pyridine rings is 1. The minimum atomic E-state index is -3.56. The molecule has 7 nitrogen and oxygen atoms in total. The highest BCUT2D eigenvalue weighted by Crippen LogP contribution is 2.10. The van der Waals surface area contributed by atoms with Crippen LogP contribution in [0.5, 0.6) is 0 Å². The standard InChI is InChI=1S/C10H13N5O2S/c1-11-9-3-2-8(6-14-9)18(16,17)15-7-10-12-4-5-13-10/h2-6,15H,7H2,1H3,(H,11,14)(H,12,13). The smallest absolute Gasteiger partial charge is 0.242 e. The number of sulfonamides is 1. The molecule has 0 fully saturated rings. The zero-order valence-corrected chi connectivity index (χ0v) is 10.5. The molecule has 2 aromatic heterocycles. The second-order valence-electron chi connectivity index (χ2n) is 3.49. The first-order valence-corrected chi connectivity index (χ1v) is 6.72. The monoisotopic (exact) mass is 267 g/mol. The number of nitrogens with zero attached hydrogens (tertiary/aromatic N) is 2. The Morgan fingerprint density at radius 3 is 2.72 bits per heavy atom. The van der Waals surface area contributed by atoms with Crippen molar-refractivity contribution in [3.63, 3.8) is 0 Å². The summed E-state index contributed by atoms with van der Waals surface area (Å²) in [4.78, 5) is 10.8. The number of hydrogen-bond acceptors (Lipinski definition) is 5. The largest absolute Gasteiger partial charge is 0.373 e. The maximum absolute atomic E-state index is 11.9. The van der Waals surface area contributed by atoms with Gasteiger partial charge in [-0.2, -0.15) is 0 Å². The Morgan fingerprint density at radius 2 is 2.17 bits per heavy atom. The van der Waals surface area contributed by atoms with E-state index in [1.165, 1.54) is 12.3 Å². The topological polar surface area (TPSA) is 99.8 Å². The molecule has 0 unspecified atom stereocenters. The van der Waals surface area contributed by atoms with Gasteiger partial charge in [-0.3, -0.25) is 0 Å². The Kier molecular flexibility index (Phi) is 3.58. The molecule has 0 aliphatic heterocycles. The minimum Gasteiger partial charge on any atom is -0.373 e. The number of nitrogens with one attached hydrogen (secondary N) is 3. The van der Waals surface area contributed by atoms with Crippen molar-refractivity contribution in [1.29, 1.82) is 0 Å². The first-order valence-electron chi connectivity index (χ1n) is 5.23. The van der Waals surface area contributed by atoms with Crippen LogP contribution in [0.15, 0.2) is 35.6 Å². The summed E-state index contributed by atoms with van der Waals surface area (Å²) in [7, 11) is -1.85. The molecule has 3 N–H and O–H groups in total. The molecule has 0 amide bonds. The number of H-pyrrole nitrogens is 1. The van der Waals surface area contributed by atoms with E-state index in [0.717, 1.165) is 0 Å². The number of imidazole rings is 1. The van der Waals surface area contributed by atoms with Gasteiger partial charge in [0.2, 0.25) is 10.0 Å². The molecule has 0 saturated heterocycles. The van der Waals surface area contributed by atoms with Gasteiger partial charge in [0, 0.05) is 25.6 Å². The van der Waals surface area contributed by atoms with Crippen molar-refractivity contribution >= 4 is 15.8 Å². The van der Waals surface area contributed by atoms with E-state index in [1.807, 2.05) is 0 Å². The van der Waals surface area contributed by atoms with Crippen LogP contribution in [0.25, 0.3) is 0 Å². The number of aromatic amines is 1. The average molecular weight is 267 g/mol. The molecule has 96 valence electrons. The van der Waals surface area contributed by atoms with Crippen LogP contribution in [-0.2, 0) is 16.6 Å². The van der Waals surface area contributed by atoms with E-state index in [-0.39, 0.29) is 11.4 Å². The second kappa shape index (κ2) is 5.15. The third kappa shape index (κ3) is 2.84. The number of rotatable bonds is 5. The van der Waals surface area contributed by atoms with Crippen molar-refractivity contribution in [3.8, 4) is 0 Å². The lowest BCUT2D eigenvalue weighted by molar-refractivity contribution is 0.579. The zero-order valence-electron chi connectivity index (χ0n) is 9.71. The Hall–Kier alpha value is -1.93. The van der Waals surface area contributed by atoms with Gasteiger partial charge in [-0.05, 0) is 12.1 Å². The fraction of sp³-hybridized carbons (Fsp3) is 0.200. The van der Waals surface area contributed by atoms with E-state index in [2.05, 4.69) is 25.0 Å². The maximum Gasteiger partial charge on any atom is 0.242 e. The van der Waals surface area contributed by atoms with Crippen LogP contribution >= 0.6 is 0 Å². The van der Waals surface area contributed by atoms with Crippen molar-refractivity contribution in [2.45, 2.75) is 11.4 Å². The lowest BCUT2D eigenvalue weighted by Crippen LogP contribution is -2.24. The summed E-state index contributed by atoms with van der Waals surface area (Å²) >= 11 is 0. The highest BCUT2D eigenvalue weighted by Gasteiger charge is 2.14. The molecule has 0 bridgehead atoms. The normalized spacial score (nSPS) is 11.4. The minimum absolute atomic E-state index is 0.114. The molecule has 2 aromatic rings. The molecule has 0 radical (unpaired) electrons. The summed E-state index contributed by atoms with van der Waals surface area (Å²) in [6.45, 7) is 0.114. The molecular formula is C10H13N5O2S. The molecule has 8 heteroatoms. The van der Waals surface area contributed by atoms with Crippen LogP contribution in [0.3, 0.4) is 0 Å². The Labute approximate surface area is 105 Å². The van der Waals surface area contributed by atoms with Crippen LogP contribution < -0.4 is 10.0 Å². The van der Waals surface area contributed by atoms with Gasteiger partial charge in [0.05, 0.1) is 6.54 Å². The average Bonchev–Trinajstić information content (AvgIpc) is 2.90. The highest BCUT2D eigenvalue weighted by molar-refractivity contribution is 7.89. The van der Waals surface area contributed by atoms with Crippen molar-refractivity contribution in [2.24, 2.45) is 0 Å². The SMILES string of the molecule is CNc1ccc(S(=O)(=O)NCc2ncc[nH]2)cn1. The van der Waals surface area contributed by atoms with Crippen LogP contribution in [-0.4, -0.2) is 30.4 Å². The molecule has 2 heterocycles. The summed E-state index contributed by atoms with van der Waals surface area (Å²) in [5, 5.41) is 2.82. The first kappa shape index (κ1) is 12.5. The predicted octanol–water partition coefficient (Wildman–Crippen LogP) is 0.325. The van der Waals surface area contributed by atoms with Gasteiger partial charge >= 0.3 is 0 Å². The van der Waals surface area contributed by atoms with Crippen molar-refractivity contribution in [1.82, 2.24) is 19.7 Å². The zero-order chi connectivity index (χ0) is 13.0. The van der Waals surface area contributed by atoms with E-state index in [0.29, 0.717) is 11.6 Å². The van der Waals surface area contributed by atoms with Crippen molar-refractivity contribution in [3.05, 3.63) is 36.5 Å². The van der Waals surface area contributed by atoms with E-state index >= 15 is 0 Å². The number of anilines is 1. The third-order valence-corrected chi connectivity index (χ3v) is 3.67. The van der Waals surface area contributed by atoms with Gasteiger partial charge in [0.1, 0.15) is 16.5 Å². The second-order valence-corrected chi connectivity index (χ2v) is 5.26. The van der Waals surface area contributed by atoms with E-state index in [9.17, 15) is 8.42 Å². The van der Waals surface area contributed by atoms with Crippen LogP contribution in [0.2, 0.25) is 0 Å². The summed E-state index contributed by atoms with van der Waals surface area (Å²) in [5.74, 6) is 1.17. The Morgan fingerprint density at radius 1 is 1.33 bits per heavy atom. The molecule has 0 spiro atoms. The van der Waals surface area contributed by atoms with Gasteiger partial charge in [0.15, 0.2) is 0 Å². The van der Waals surface area contributed by atoms with Gasteiger partial charge in [-0.25, -0.2) is 23.1 Å². The fourth-order valence-corrected chi connectivity index (χ4v) is 2.26. The van der Waals surface area contributed by atoms with E-state index in [1.54, 1.807) is 25.5 Å². The number of aromatic nitrogens is 3. The molecule has 2 rings (SSSR count). The van der Waals surface area contributed by atoms with Crippen molar-refractivity contribution in [2.75, 3.05) is 12.4 Å². The predicted molar refractivity (Wildman–Crippen MR) is 66.4 cm³/mol. The summed E-state index contributed by atoms with van der Waals surface area (Å²) in [6.07, 6.45) is 4.50. The van der Waals surface area contributed by atoms with Gasteiger partial charge in [0.25, 0.3) is 0 Å². The lowest BCUT2D eigenvalue weighted by Gasteiger charge is -2.05. The maximum atomic E-state index is 11.9. The first-order chi connectivity index (χ1) is 8.62. The molecular weight excluding hydrogens is 254 g/mol. The lowest BCUT2D eigenvalue weighted by atomic mass is 10.5. The van der Waals surface area contributed by atoms with E-state index in [4.69, 9.17) is 0 Å². The third-order valence-electron chi connectivity index (χ3n) is 2.29. The molecule has 0 aliphatic rings. The quantitative estimate of drug-likeness (QED) is 0.724. The van der Waals surface area contributed by atoms with Gasteiger partial charge < -0.3 is 10.3 Å². The van der Waals surface area contributed by atoms with Gasteiger partial charge in [-0.15, -0.1) is 0 Å². The summed E-state index contributed by atoms with van der Waals surface area (Å²) in [6, 6.07) is 3.09. The molecule has 0 atom stereocenters.